The number of nitrogens with zero attached hydrogens (tertiary/aromatic N) is 5. The van der Waals surface area contributed by atoms with E-state index in [1.54, 1.807) is 0 Å². The predicted octanol–water partition coefficient (Wildman–Crippen LogP) is 1.21. The maximum absolute atomic E-state index is 4.54. The second-order valence-electron chi connectivity index (χ2n) is 6.42. The summed E-state index contributed by atoms with van der Waals surface area (Å²) in [5.41, 5.74) is 2.23. The van der Waals surface area contributed by atoms with Crippen molar-refractivity contribution in [3.05, 3.63) is 29.1 Å². The minimum absolute atomic E-state index is 0.570. The Kier molecular flexibility index (Phi) is 3.06. The number of piperidine rings is 1. The van der Waals surface area contributed by atoms with Crippen molar-refractivity contribution in [1.82, 2.24) is 29.9 Å². The zero-order chi connectivity index (χ0) is 14.4. The third-order valence-corrected chi connectivity index (χ3v) is 4.71. The van der Waals surface area contributed by atoms with Crippen molar-refractivity contribution in [2.45, 2.75) is 64.7 Å². The molecule has 2 aliphatic heterocycles. The molecule has 0 aromatic carbocycles. The summed E-state index contributed by atoms with van der Waals surface area (Å²) in [5.74, 6) is 2.17. The number of fused-ring (bicyclic) bond motifs is 3. The number of aromatic nitrogens is 5. The van der Waals surface area contributed by atoms with Gasteiger partial charge in [-0.25, -0.2) is 0 Å². The molecular weight excluding hydrogens is 264 g/mol. The average molecular weight is 286 g/mol. The molecule has 2 atom stereocenters. The lowest BCUT2D eigenvalue weighted by Crippen LogP contribution is -2.43. The first kappa shape index (κ1) is 13.0. The van der Waals surface area contributed by atoms with Gasteiger partial charge < -0.3 is 9.88 Å². The molecule has 0 spiro atoms. The molecule has 6 nitrogen and oxygen atoms in total. The summed E-state index contributed by atoms with van der Waals surface area (Å²) in [6.07, 6.45) is 4.84. The predicted molar refractivity (Wildman–Crippen MR) is 79.1 cm³/mol. The lowest BCUT2D eigenvalue weighted by molar-refractivity contribution is 0.312. The van der Waals surface area contributed by atoms with Gasteiger partial charge in [-0.15, -0.1) is 10.2 Å². The van der Waals surface area contributed by atoms with Crippen molar-refractivity contribution in [2.24, 2.45) is 0 Å². The van der Waals surface area contributed by atoms with Crippen LogP contribution in [0.15, 0.2) is 6.07 Å². The minimum atomic E-state index is 0.570. The highest BCUT2D eigenvalue weighted by Crippen LogP contribution is 2.22. The van der Waals surface area contributed by atoms with Gasteiger partial charge in [-0.05, 0) is 32.8 Å². The first-order valence-electron chi connectivity index (χ1n) is 7.87. The Hall–Kier alpha value is -1.69. The van der Waals surface area contributed by atoms with E-state index in [1.807, 2.05) is 11.6 Å². The molecule has 21 heavy (non-hydrogen) atoms. The van der Waals surface area contributed by atoms with E-state index in [1.165, 1.54) is 25.0 Å². The van der Waals surface area contributed by atoms with Crippen molar-refractivity contribution >= 4 is 0 Å². The zero-order valence-corrected chi connectivity index (χ0v) is 12.7. The van der Waals surface area contributed by atoms with Crippen LogP contribution in [0.2, 0.25) is 0 Å². The zero-order valence-electron chi connectivity index (χ0n) is 12.7. The van der Waals surface area contributed by atoms with Crippen LogP contribution < -0.4 is 5.32 Å². The molecule has 0 amide bonds. The van der Waals surface area contributed by atoms with Gasteiger partial charge in [-0.3, -0.25) is 4.68 Å². The van der Waals surface area contributed by atoms with Crippen LogP contribution in [0.25, 0.3) is 0 Å². The second-order valence-corrected chi connectivity index (χ2v) is 6.42. The molecule has 2 aliphatic rings. The quantitative estimate of drug-likeness (QED) is 0.901. The monoisotopic (exact) mass is 286 g/mol. The molecule has 2 aromatic rings. The molecule has 0 aliphatic carbocycles. The van der Waals surface area contributed by atoms with E-state index in [9.17, 15) is 0 Å². The number of hydrogen-bond donors (Lipinski definition) is 1. The third kappa shape index (κ3) is 2.37. The number of nitrogens with one attached hydrogen (secondary N) is 1. The SMILES string of the molecule is Cc1cc(C)n(Cc2nnc3n2CC2CCCC(C3)N2)n1. The van der Waals surface area contributed by atoms with E-state index < -0.39 is 0 Å². The van der Waals surface area contributed by atoms with E-state index in [0.717, 1.165) is 30.3 Å². The summed E-state index contributed by atoms with van der Waals surface area (Å²) in [6.45, 7) is 5.83. The maximum Gasteiger partial charge on any atom is 0.154 e. The van der Waals surface area contributed by atoms with Crippen molar-refractivity contribution < 1.29 is 0 Å². The third-order valence-electron chi connectivity index (χ3n) is 4.71. The smallest absolute Gasteiger partial charge is 0.154 e. The Morgan fingerprint density at radius 2 is 2.10 bits per heavy atom. The van der Waals surface area contributed by atoms with Crippen LogP contribution in [0.3, 0.4) is 0 Å². The highest BCUT2D eigenvalue weighted by Gasteiger charge is 2.29. The number of rotatable bonds is 2. The van der Waals surface area contributed by atoms with Crippen LogP contribution in [0.5, 0.6) is 0 Å². The van der Waals surface area contributed by atoms with Crippen molar-refractivity contribution in [3.63, 3.8) is 0 Å². The minimum Gasteiger partial charge on any atom is -0.312 e. The largest absolute Gasteiger partial charge is 0.312 e. The van der Waals surface area contributed by atoms with Gasteiger partial charge >= 0.3 is 0 Å². The standard InChI is InChI=1S/C15H22N6/c1-10-6-11(2)21(19-10)9-15-18-17-14-7-12-4-3-5-13(16-12)8-20(14)15/h6,12-13,16H,3-5,7-9H2,1-2H3. The number of aryl methyl sites for hydroxylation is 2. The molecule has 2 unspecified atom stereocenters. The van der Waals surface area contributed by atoms with Gasteiger partial charge in [-0.2, -0.15) is 5.10 Å². The fourth-order valence-electron chi connectivity index (χ4n) is 3.68. The summed E-state index contributed by atoms with van der Waals surface area (Å²) in [7, 11) is 0. The molecule has 4 heterocycles. The molecule has 1 fully saturated rings. The fourth-order valence-corrected chi connectivity index (χ4v) is 3.68. The molecule has 4 rings (SSSR count). The highest BCUT2D eigenvalue weighted by atomic mass is 15.3. The van der Waals surface area contributed by atoms with Crippen molar-refractivity contribution in [2.75, 3.05) is 0 Å². The Morgan fingerprint density at radius 3 is 2.90 bits per heavy atom. The molecule has 2 bridgehead atoms. The molecule has 112 valence electrons. The topological polar surface area (TPSA) is 60.6 Å². The van der Waals surface area contributed by atoms with E-state index >= 15 is 0 Å². The Bertz CT molecular complexity index is 655. The molecule has 1 saturated heterocycles. The fraction of sp³-hybridized carbons (Fsp3) is 0.667. The van der Waals surface area contributed by atoms with Crippen LogP contribution in [-0.4, -0.2) is 36.6 Å². The van der Waals surface area contributed by atoms with E-state index in [-0.39, 0.29) is 0 Å². The first-order chi connectivity index (χ1) is 10.2. The lowest BCUT2D eigenvalue weighted by Gasteiger charge is -2.27. The van der Waals surface area contributed by atoms with Crippen molar-refractivity contribution in [1.29, 1.82) is 0 Å². The van der Waals surface area contributed by atoms with Gasteiger partial charge in [-0.1, -0.05) is 6.42 Å². The van der Waals surface area contributed by atoms with Gasteiger partial charge in [0.05, 0.1) is 5.69 Å². The van der Waals surface area contributed by atoms with Crippen LogP contribution >= 0.6 is 0 Å². The Balaban J connectivity index is 1.65. The summed E-state index contributed by atoms with van der Waals surface area (Å²) in [5, 5.41) is 17.2. The molecule has 1 N–H and O–H groups in total. The molecule has 0 saturated carbocycles. The maximum atomic E-state index is 4.54. The molecular formula is C15H22N6. The van der Waals surface area contributed by atoms with Gasteiger partial charge in [0.25, 0.3) is 0 Å². The number of hydrogen-bond acceptors (Lipinski definition) is 4. The summed E-state index contributed by atoms with van der Waals surface area (Å²) in [6, 6.07) is 3.25. The first-order valence-corrected chi connectivity index (χ1v) is 7.87. The van der Waals surface area contributed by atoms with E-state index in [0.29, 0.717) is 18.6 Å². The average Bonchev–Trinajstić information content (AvgIpc) is 2.92. The van der Waals surface area contributed by atoms with Gasteiger partial charge in [0, 0.05) is 30.7 Å². The van der Waals surface area contributed by atoms with Gasteiger partial charge in [0.1, 0.15) is 12.4 Å². The van der Waals surface area contributed by atoms with Crippen LogP contribution in [0.4, 0.5) is 0 Å². The van der Waals surface area contributed by atoms with Crippen LogP contribution in [0, 0.1) is 13.8 Å². The normalized spacial score (nSPS) is 24.7. The molecule has 0 radical (unpaired) electrons. The summed E-state index contributed by atoms with van der Waals surface area (Å²) < 4.78 is 4.34. The summed E-state index contributed by atoms with van der Waals surface area (Å²) in [4.78, 5) is 0. The second kappa shape index (κ2) is 4.94. The Morgan fingerprint density at radius 1 is 1.24 bits per heavy atom. The van der Waals surface area contributed by atoms with E-state index in [4.69, 9.17) is 0 Å². The lowest BCUT2D eigenvalue weighted by atomic mass is 9.98. The van der Waals surface area contributed by atoms with Crippen LogP contribution in [0.1, 0.15) is 42.3 Å². The highest BCUT2D eigenvalue weighted by molar-refractivity contribution is 5.09. The van der Waals surface area contributed by atoms with Crippen LogP contribution in [-0.2, 0) is 19.5 Å². The summed E-state index contributed by atoms with van der Waals surface area (Å²) >= 11 is 0. The van der Waals surface area contributed by atoms with Gasteiger partial charge in [0.2, 0.25) is 0 Å². The molecule has 6 heteroatoms. The van der Waals surface area contributed by atoms with E-state index in [2.05, 4.69) is 38.2 Å². The van der Waals surface area contributed by atoms with Gasteiger partial charge in [0.15, 0.2) is 5.82 Å². The molecule has 2 aromatic heterocycles. The van der Waals surface area contributed by atoms with Crippen molar-refractivity contribution in [3.8, 4) is 0 Å². The Labute approximate surface area is 124 Å².